The van der Waals surface area contributed by atoms with Gasteiger partial charge in [0, 0.05) is 57.3 Å². The highest BCUT2D eigenvalue weighted by molar-refractivity contribution is 7.89. The van der Waals surface area contributed by atoms with Crippen LogP contribution in [0.4, 0.5) is 11.6 Å². The van der Waals surface area contributed by atoms with Crippen molar-refractivity contribution in [2.45, 2.75) is 38.6 Å². The summed E-state index contributed by atoms with van der Waals surface area (Å²) in [6, 6.07) is 6.47. The van der Waals surface area contributed by atoms with E-state index in [1.807, 2.05) is 20.8 Å². The number of benzene rings is 1. The lowest BCUT2D eigenvalue weighted by atomic mass is 10.2. The summed E-state index contributed by atoms with van der Waals surface area (Å²) in [5, 5.41) is 2.89. The lowest BCUT2D eigenvalue weighted by Crippen LogP contribution is -2.53. The number of hydrogen-bond donors (Lipinski definition) is 1. The molecule has 0 radical (unpaired) electrons. The normalized spacial score (nSPS) is 16.2. The molecular weight excluding hydrogens is 428 g/mol. The molecule has 10 heteroatoms. The van der Waals surface area contributed by atoms with E-state index in [0.717, 1.165) is 13.1 Å². The van der Waals surface area contributed by atoms with E-state index in [2.05, 4.69) is 25.1 Å². The Hall–Kier alpha value is -2.56. The Morgan fingerprint density at radius 2 is 1.75 bits per heavy atom. The zero-order chi connectivity index (χ0) is 23.3. The molecule has 1 aromatic carbocycles. The van der Waals surface area contributed by atoms with Gasteiger partial charge in [0.2, 0.25) is 21.9 Å². The van der Waals surface area contributed by atoms with Crippen LogP contribution < -0.4 is 10.2 Å². The molecule has 2 heterocycles. The van der Waals surface area contributed by atoms with Gasteiger partial charge in [-0.3, -0.25) is 9.69 Å². The van der Waals surface area contributed by atoms with Crippen LogP contribution in [0.3, 0.4) is 0 Å². The van der Waals surface area contributed by atoms with E-state index in [4.69, 9.17) is 0 Å². The Labute approximate surface area is 190 Å². The number of anilines is 2. The summed E-state index contributed by atoms with van der Waals surface area (Å²) in [5.41, 5.74) is 1.14. The largest absolute Gasteiger partial charge is 0.338 e. The van der Waals surface area contributed by atoms with E-state index in [-0.39, 0.29) is 16.8 Å². The second-order valence-corrected chi connectivity index (χ2v) is 9.71. The Bertz CT molecular complexity index is 1020. The highest BCUT2D eigenvalue weighted by Gasteiger charge is 2.28. The minimum Gasteiger partial charge on any atom is -0.338 e. The number of carbonyl (C=O) groups is 1. The number of aromatic nitrogens is 2. The molecule has 1 saturated heterocycles. The third-order valence-corrected chi connectivity index (χ3v) is 8.05. The summed E-state index contributed by atoms with van der Waals surface area (Å²) < 4.78 is 27.4. The van der Waals surface area contributed by atoms with Gasteiger partial charge in [-0.1, -0.05) is 19.9 Å². The summed E-state index contributed by atoms with van der Waals surface area (Å²) in [5.74, 6) is 0.537. The van der Waals surface area contributed by atoms with Crippen LogP contribution in [0.5, 0.6) is 0 Å². The lowest BCUT2D eigenvalue weighted by Gasteiger charge is -2.37. The van der Waals surface area contributed by atoms with Gasteiger partial charge in [0.05, 0.1) is 10.9 Å². The summed E-state index contributed by atoms with van der Waals surface area (Å²) in [7, 11) is -3.61. The smallest absolute Gasteiger partial charge is 0.243 e. The van der Waals surface area contributed by atoms with Gasteiger partial charge in [-0.25, -0.2) is 18.4 Å². The summed E-state index contributed by atoms with van der Waals surface area (Å²) in [6.07, 6.45) is 3.45. The van der Waals surface area contributed by atoms with Gasteiger partial charge in [0.15, 0.2) is 0 Å². The average Bonchev–Trinajstić information content (AvgIpc) is 2.81. The van der Waals surface area contributed by atoms with Gasteiger partial charge in [0.1, 0.15) is 0 Å². The number of carbonyl (C=O) groups excluding carboxylic acids is 1. The first-order valence-corrected chi connectivity index (χ1v) is 12.4. The first kappa shape index (κ1) is 24.1. The summed E-state index contributed by atoms with van der Waals surface area (Å²) >= 11 is 0. The maximum atomic E-state index is 13.0. The SMILES string of the molecule is CCN(CC)S(=O)(=O)c1cc(NC(=O)C(C)N2CCN(c3ncccn3)CC2)ccc1C. The van der Waals surface area contributed by atoms with Gasteiger partial charge in [-0.2, -0.15) is 4.31 Å². The highest BCUT2D eigenvalue weighted by atomic mass is 32.2. The molecule has 32 heavy (non-hydrogen) atoms. The monoisotopic (exact) mass is 460 g/mol. The van der Waals surface area contributed by atoms with Gasteiger partial charge < -0.3 is 10.2 Å². The third kappa shape index (κ3) is 5.25. The molecule has 174 valence electrons. The van der Waals surface area contributed by atoms with Crippen molar-refractivity contribution < 1.29 is 13.2 Å². The second kappa shape index (κ2) is 10.4. The number of aryl methyl sites for hydroxylation is 1. The van der Waals surface area contributed by atoms with Gasteiger partial charge in [-0.15, -0.1) is 0 Å². The molecule has 3 rings (SSSR count). The van der Waals surface area contributed by atoms with E-state index in [0.29, 0.717) is 43.4 Å². The number of amides is 1. The van der Waals surface area contributed by atoms with Crippen LogP contribution in [0.25, 0.3) is 0 Å². The van der Waals surface area contributed by atoms with Crippen molar-refractivity contribution in [3.63, 3.8) is 0 Å². The Kier molecular flexibility index (Phi) is 7.81. The number of nitrogens with one attached hydrogen (secondary N) is 1. The van der Waals surface area contributed by atoms with Crippen molar-refractivity contribution >= 4 is 27.6 Å². The van der Waals surface area contributed by atoms with E-state index in [1.165, 1.54) is 4.31 Å². The Balaban J connectivity index is 1.66. The molecule has 1 N–H and O–H groups in total. The molecule has 1 aromatic heterocycles. The van der Waals surface area contributed by atoms with Crippen LogP contribution in [0.2, 0.25) is 0 Å². The summed E-state index contributed by atoms with van der Waals surface area (Å²) in [6.45, 7) is 10.9. The molecule has 1 amide bonds. The highest BCUT2D eigenvalue weighted by Crippen LogP contribution is 2.24. The fourth-order valence-electron chi connectivity index (χ4n) is 3.83. The van der Waals surface area contributed by atoms with E-state index >= 15 is 0 Å². The molecule has 1 aliphatic rings. The van der Waals surface area contributed by atoms with Crippen LogP contribution in [-0.4, -0.2) is 78.8 Å². The van der Waals surface area contributed by atoms with E-state index in [1.54, 1.807) is 43.6 Å². The quantitative estimate of drug-likeness (QED) is 0.643. The zero-order valence-corrected chi connectivity index (χ0v) is 20.0. The number of sulfonamides is 1. The predicted molar refractivity (Wildman–Crippen MR) is 125 cm³/mol. The van der Waals surface area contributed by atoms with Crippen LogP contribution in [0.1, 0.15) is 26.3 Å². The lowest BCUT2D eigenvalue weighted by molar-refractivity contribution is -0.120. The average molecular weight is 461 g/mol. The molecule has 1 unspecified atom stereocenters. The molecule has 1 atom stereocenters. The van der Waals surface area contributed by atoms with Crippen molar-refractivity contribution in [2.75, 3.05) is 49.5 Å². The first-order chi connectivity index (χ1) is 15.3. The van der Waals surface area contributed by atoms with Crippen LogP contribution >= 0.6 is 0 Å². The van der Waals surface area contributed by atoms with Gasteiger partial charge in [0.25, 0.3) is 0 Å². The standard InChI is InChI=1S/C22H32N6O3S/c1-5-28(6-2)32(30,31)20-16-19(9-8-17(20)3)25-21(29)18(4)26-12-14-27(15-13-26)22-23-10-7-11-24-22/h7-11,16,18H,5-6,12-15H2,1-4H3,(H,25,29). The number of hydrogen-bond acceptors (Lipinski definition) is 7. The maximum Gasteiger partial charge on any atom is 0.243 e. The number of piperazine rings is 1. The summed E-state index contributed by atoms with van der Waals surface area (Å²) in [4.78, 5) is 25.9. The van der Waals surface area contributed by atoms with E-state index in [9.17, 15) is 13.2 Å². The van der Waals surface area contributed by atoms with Crippen molar-refractivity contribution in [2.24, 2.45) is 0 Å². The maximum absolute atomic E-state index is 13.0. The van der Waals surface area contributed by atoms with Crippen molar-refractivity contribution in [3.05, 3.63) is 42.2 Å². The molecular formula is C22H32N6O3S. The fraction of sp³-hybridized carbons (Fsp3) is 0.500. The molecule has 2 aromatic rings. The van der Waals surface area contributed by atoms with Crippen molar-refractivity contribution in [1.29, 1.82) is 0 Å². The second-order valence-electron chi connectivity index (χ2n) is 7.81. The number of rotatable bonds is 8. The van der Waals surface area contributed by atoms with Crippen LogP contribution in [0, 0.1) is 6.92 Å². The minimum absolute atomic E-state index is 0.163. The van der Waals surface area contributed by atoms with Crippen LogP contribution in [0.15, 0.2) is 41.6 Å². The van der Waals surface area contributed by atoms with Crippen molar-refractivity contribution in [3.8, 4) is 0 Å². The van der Waals surface area contributed by atoms with Gasteiger partial charge >= 0.3 is 0 Å². The van der Waals surface area contributed by atoms with E-state index < -0.39 is 10.0 Å². The molecule has 0 bridgehead atoms. The third-order valence-electron chi connectivity index (χ3n) is 5.86. The fourth-order valence-corrected chi connectivity index (χ4v) is 5.54. The first-order valence-electron chi connectivity index (χ1n) is 11.0. The Morgan fingerprint density at radius 3 is 2.34 bits per heavy atom. The molecule has 1 aliphatic heterocycles. The van der Waals surface area contributed by atoms with Gasteiger partial charge in [-0.05, 0) is 37.6 Å². The topological polar surface area (TPSA) is 98.7 Å². The Morgan fingerprint density at radius 1 is 1.12 bits per heavy atom. The van der Waals surface area contributed by atoms with Crippen molar-refractivity contribution in [1.82, 2.24) is 19.2 Å². The molecule has 9 nitrogen and oxygen atoms in total. The molecule has 0 aliphatic carbocycles. The number of nitrogens with zero attached hydrogens (tertiary/aromatic N) is 5. The molecule has 1 fully saturated rings. The zero-order valence-electron chi connectivity index (χ0n) is 19.2. The minimum atomic E-state index is -3.61. The molecule has 0 spiro atoms. The predicted octanol–water partition coefficient (Wildman–Crippen LogP) is 1.96. The molecule has 0 saturated carbocycles. The van der Waals surface area contributed by atoms with Crippen LogP contribution in [-0.2, 0) is 14.8 Å².